The van der Waals surface area contributed by atoms with Crippen molar-refractivity contribution in [1.82, 2.24) is 10.2 Å². The van der Waals surface area contributed by atoms with E-state index in [0.29, 0.717) is 31.9 Å². The Morgan fingerprint density at radius 1 is 1.06 bits per heavy atom. The Balaban J connectivity index is 4.19. The van der Waals surface area contributed by atoms with E-state index in [1.54, 1.807) is 4.90 Å². The van der Waals surface area contributed by atoms with E-state index in [1.165, 1.54) is 0 Å². The van der Waals surface area contributed by atoms with Crippen LogP contribution in [0.3, 0.4) is 0 Å². The summed E-state index contributed by atoms with van der Waals surface area (Å²) in [4.78, 5) is 25.2. The van der Waals surface area contributed by atoms with E-state index in [-0.39, 0.29) is 0 Å². The minimum atomic E-state index is -0.507. The highest BCUT2D eigenvalue weighted by molar-refractivity contribution is 6.35. The highest BCUT2D eigenvalue weighted by Gasteiger charge is 2.20. The molecule has 0 rings (SSSR count). The first kappa shape index (κ1) is 17.2. The maximum Gasteiger partial charge on any atom is 0.311 e. The first-order valence-electron chi connectivity index (χ1n) is 6.80. The molecular weight excluding hydrogens is 252 g/mol. The van der Waals surface area contributed by atoms with Gasteiger partial charge in [0.1, 0.15) is 0 Å². The third-order valence-corrected chi connectivity index (χ3v) is 2.91. The maximum atomic E-state index is 11.9. The topological polar surface area (TPSA) is 49.4 Å². The van der Waals surface area contributed by atoms with Gasteiger partial charge in [-0.1, -0.05) is 26.7 Å². The molecule has 0 fully saturated rings. The van der Waals surface area contributed by atoms with Crippen molar-refractivity contribution in [3.8, 4) is 0 Å². The molecule has 0 radical (unpaired) electrons. The second kappa shape index (κ2) is 11.3. The number of alkyl halides is 1. The summed E-state index contributed by atoms with van der Waals surface area (Å²) in [6, 6.07) is 0. The monoisotopic (exact) mass is 276 g/mol. The van der Waals surface area contributed by atoms with Gasteiger partial charge >= 0.3 is 11.8 Å². The van der Waals surface area contributed by atoms with Gasteiger partial charge in [-0.25, -0.2) is 0 Å². The minimum absolute atomic E-state index is 0.411. The molecule has 1 N–H and O–H groups in total. The molecule has 0 aromatic carbocycles. The van der Waals surface area contributed by atoms with E-state index < -0.39 is 11.8 Å². The van der Waals surface area contributed by atoms with Crippen molar-refractivity contribution in [3.05, 3.63) is 0 Å². The van der Waals surface area contributed by atoms with Gasteiger partial charge < -0.3 is 10.2 Å². The van der Waals surface area contributed by atoms with Gasteiger partial charge in [-0.15, -0.1) is 11.6 Å². The summed E-state index contributed by atoms with van der Waals surface area (Å²) < 4.78 is 0. The Morgan fingerprint density at radius 2 is 1.61 bits per heavy atom. The number of carbonyl (C=O) groups excluding carboxylic acids is 2. The Kier molecular flexibility index (Phi) is 10.8. The average molecular weight is 277 g/mol. The SMILES string of the molecule is CCCCN(CCCC)C(=O)C(=O)NCCCCl. The standard InChI is InChI=1S/C13H25ClN2O2/c1-3-5-10-16(11-6-4-2)13(18)12(17)15-9-7-8-14/h3-11H2,1-2H3,(H,15,17). The molecule has 0 saturated heterocycles. The Labute approximate surface area is 115 Å². The molecule has 0 heterocycles. The number of unbranched alkanes of at least 4 members (excludes halogenated alkanes) is 2. The molecule has 0 aliphatic carbocycles. The fourth-order valence-corrected chi connectivity index (χ4v) is 1.63. The summed E-state index contributed by atoms with van der Waals surface area (Å²) >= 11 is 5.52. The number of carbonyl (C=O) groups is 2. The van der Waals surface area contributed by atoms with Crippen molar-refractivity contribution in [3.63, 3.8) is 0 Å². The van der Waals surface area contributed by atoms with Crippen molar-refractivity contribution < 1.29 is 9.59 Å². The van der Waals surface area contributed by atoms with Crippen LogP contribution in [0, 0.1) is 0 Å². The molecule has 5 heteroatoms. The molecule has 0 atom stereocenters. The predicted octanol–water partition coefficient (Wildman–Crippen LogP) is 2.16. The average Bonchev–Trinajstić information content (AvgIpc) is 2.38. The van der Waals surface area contributed by atoms with E-state index in [9.17, 15) is 9.59 Å². The van der Waals surface area contributed by atoms with Crippen LogP contribution in [0.1, 0.15) is 46.0 Å². The molecule has 4 nitrogen and oxygen atoms in total. The number of halogens is 1. The molecule has 0 saturated carbocycles. The first-order chi connectivity index (χ1) is 8.67. The van der Waals surface area contributed by atoms with Crippen molar-refractivity contribution in [2.45, 2.75) is 46.0 Å². The van der Waals surface area contributed by atoms with E-state index in [2.05, 4.69) is 19.2 Å². The van der Waals surface area contributed by atoms with Crippen LogP contribution < -0.4 is 5.32 Å². The van der Waals surface area contributed by atoms with Crippen molar-refractivity contribution in [1.29, 1.82) is 0 Å². The Morgan fingerprint density at radius 3 is 2.06 bits per heavy atom. The summed E-state index contributed by atoms with van der Waals surface area (Å²) in [5.74, 6) is -0.428. The van der Waals surface area contributed by atoms with Gasteiger partial charge in [0.05, 0.1) is 0 Å². The molecule has 106 valence electrons. The molecule has 0 aromatic heterocycles. The van der Waals surface area contributed by atoms with Gasteiger partial charge in [-0.3, -0.25) is 9.59 Å². The van der Waals surface area contributed by atoms with Gasteiger partial charge in [0, 0.05) is 25.5 Å². The fourth-order valence-electron chi connectivity index (χ4n) is 1.50. The lowest BCUT2D eigenvalue weighted by Gasteiger charge is -2.21. The molecular formula is C13H25ClN2O2. The van der Waals surface area contributed by atoms with Crippen LogP contribution in [0.2, 0.25) is 0 Å². The van der Waals surface area contributed by atoms with Crippen LogP contribution in [0.15, 0.2) is 0 Å². The number of amides is 2. The molecule has 0 spiro atoms. The van der Waals surface area contributed by atoms with Crippen LogP contribution in [-0.2, 0) is 9.59 Å². The lowest BCUT2D eigenvalue weighted by atomic mass is 10.2. The van der Waals surface area contributed by atoms with Crippen molar-refractivity contribution in [2.75, 3.05) is 25.5 Å². The van der Waals surface area contributed by atoms with Gasteiger partial charge in [0.15, 0.2) is 0 Å². The number of hydrogen-bond acceptors (Lipinski definition) is 2. The van der Waals surface area contributed by atoms with E-state index in [1.807, 2.05) is 0 Å². The lowest BCUT2D eigenvalue weighted by molar-refractivity contribution is -0.145. The van der Waals surface area contributed by atoms with Crippen LogP contribution in [0.4, 0.5) is 0 Å². The second-order valence-corrected chi connectivity index (χ2v) is 4.68. The number of nitrogens with zero attached hydrogens (tertiary/aromatic N) is 1. The zero-order valence-electron chi connectivity index (χ0n) is 11.5. The number of hydrogen-bond donors (Lipinski definition) is 1. The third kappa shape index (κ3) is 7.54. The Hall–Kier alpha value is -0.770. The molecule has 0 bridgehead atoms. The highest BCUT2D eigenvalue weighted by Crippen LogP contribution is 2.00. The van der Waals surface area contributed by atoms with Crippen LogP contribution in [0.5, 0.6) is 0 Å². The summed E-state index contributed by atoms with van der Waals surface area (Å²) in [6.07, 6.45) is 4.59. The smallest absolute Gasteiger partial charge is 0.311 e. The quantitative estimate of drug-likeness (QED) is 0.399. The molecule has 0 aromatic rings. The summed E-state index contributed by atoms with van der Waals surface area (Å²) in [5, 5.41) is 2.60. The normalized spacial score (nSPS) is 10.2. The van der Waals surface area contributed by atoms with Crippen LogP contribution in [0.25, 0.3) is 0 Å². The van der Waals surface area contributed by atoms with Gasteiger partial charge in [0.2, 0.25) is 0 Å². The number of rotatable bonds is 9. The Bertz CT molecular complexity index is 239. The van der Waals surface area contributed by atoms with E-state index >= 15 is 0 Å². The molecule has 0 aliphatic heterocycles. The maximum absolute atomic E-state index is 11.9. The van der Waals surface area contributed by atoms with Gasteiger partial charge in [0.25, 0.3) is 0 Å². The van der Waals surface area contributed by atoms with Crippen LogP contribution in [-0.4, -0.2) is 42.2 Å². The second-order valence-electron chi connectivity index (χ2n) is 4.30. The molecule has 0 unspecified atom stereocenters. The highest BCUT2D eigenvalue weighted by atomic mass is 35.5. The fraction of sp³-hybridized carbons (Fsp3) is 0.846. The summed E-state index contributed by atoms with van der Waals surface area (Å²) in [7, 11) is 0. The van der Waals surface area contributed by atoms with E-state index in [0.717, 1.165) is 25.7 Å². The minimum Gasteiger partial charge on any atom is -0.348 e. The zero-order chi connectivity index (χ0) is 13.8. The number of nitrogens with one attached hydrogen (secondary N) is 1. The molecule has 2 amide bonds. The molecule has 18 heavy (non-hydrogen) atoms. The predicted molar refractivity (Wildman–Crippen MR) is 74.7 cm³/mol. The van der Waals surface area contributed by atoms with Gasteiger partial charge in [-0.2, -0.15) is 0 Å². The first-order valence-corrected chi connectivity index (χ1v) is 7.33. The van der Waals surface area contributed by atoms with Crippen LogP contribution >= 0.6 is 11.6 Å². The lowest BCUT2D eigenvalue weighted by Crippen LogP contribution is -2.44. The van der Waals surface area contributed by atoms with Crippen molar-refractivity contribution in [2.24, 2.45) is 0 Å². The van der Waals surface area contributed by atoms with Gasteiger partial charge in [-0.05, 0) is 19.3 Å². The molecule has 0 aliphatic rings. The summed E-state index contributed by atoms with van der Waals surface area (Å²) in [5.41, 5.74) is 0. The third-order valence-electron chi connectivity index (χ3n) is 2.64. The zero-order valence-corrected chi connectivity index (χ0v) is 12.3. The van der Waals surface area contributed by atoms with Crippen molar-refractivity contribution >= 4 is 23.4 Å². The largest absolute Gasteiger partial charge is 0.348 e. The summed E-state index contributed by atoms with van der Waals surface area (Å²) in [6.45, 7) is 5.94. The van der Waals surface area contributed by atoms with E-state index in [4.69, 9.17) is 11.6 Å².